The Balaban J connectivity index is 1.46. The molecule has 0 aliphatic heterocycles. The van der Waals surface area contributed by atoms with Gasteiger partial charge in [-0.15, -0.1) is 0 Å². The van der Waals surface area contributed by atoms with Crippen LogP contribution in [-0.4, -0.2) is 11.9 Å². The molecule has 0 spiro atoms. The lowest BCUT2D eigenvalue weighted by Gasteiger charge is -2.28. The van der Waals surface area contributed by atoms with Crippen LogP contribution in [0.3, 0.4) is 0 Å². The number of nitrogens with one attached hydrogen (secondary N) is 1. The van der Waals surface area contributed by atoms with Gasteiger partial charge in [-0.1, -0.05) is 20.3 Å². The number of carbonyl (C=O) groups excluding carboxylic acids is 1. The van der Waals surface area contributed by atoms with Crippen molar-refractivity contribution < 1.29 is 9.21 Å². The van der Waals surface area contributed by atoms with Gasteiger partial charge in [0.05, 0.1) is 12.7 Å². The van der Waals surface area contributed by atoms with Crippen LogP contribution in [0.15, 0.2) is 22.8 Å². The molecule has 26 heavy (non-hydrogen) atoms. The number of carbonyl (C=O) groups is 1. The van der Waals surface area contributed by atoms with E-state index in [9.17, 15) is 4.79 Å². The lowest BCUT2D eigenvalue weighted by molar-refractivity contribution is -0.121. The van der Waals surface area contributed by atoms with Crippen LogP contribution in [0.1, 0.15) is 69.1 Å². The molecule has 1 heterocycles. The van der Waals surface area contributed by atoms with E-state index < -0.39 is 0 Å². The van der Waals surface area contributed by atoms with E-state index in [1.807, 2.05) is 0 Å². The van der Waals surface area contributed by atoms with Gasteiger partial charge < -0.3 is 9.73 Å². The monoisotopic (exact) mass is 353 g/mol. The first-order valence-corrected chi connectivity index (χ1v) is 10.2. The van der Waals surface area contributed by atoms with E-state index in [4.69, 9.17) is 4.42 Å². The number of rotatable bonds is 5. The minimum Gasteiger partial charge on any atom is -0.464 e. The minimum absolute atomic E-state index is 0.120. The summed E-state index contributed by atoms with van der Waals surface area (Å²) in [5.74, 6) is 3.01. The molecule has 2 aromatic rings. The van der Waals surface area contributed by atoms with Gasteiger partial charge in [0.1, 0.15) is 5.58 Å². The molecule has 1 aromatic heterocycles. The highest BCUT2D eigenvalue weighted by Gasteiger charge is 2.42. The summed E-state index contributed by atoms with van der Waals surface area (Å²) >= 11 is 0. The van der Waals surface area contributed by atoms with E-state index in [1.54, 1.807) is 6.26 Å². The van der Waals surface area contributed by atoms with Crippen molar-refractivity contribution in [1.29, 1.82) is 0 Å². The average molecular weight is 354 g/mol. The quantitative estimate of drug-likeness (QED) is 0.787. The molecule has 1 N–H and O–H groups in total. The van der Waals surface area contributed by atoms with Crippen LogP contribution in [-0.2, 0) is 11.2 Å². The lowest BCUT2D eigenvalue weighted by atomic mass is 9.84. The summed E-state index contributed by atoms with van der Waals surface area (Å²) in [6.07, 6.45) is 7.61. The molecule has 4 rings (SSSR count). The number of fused-ring (bicyclic) bond motifs is 3. The van der Waals surface area contributed by atoms with E-state index in [1.165, 1.54) is 36.8 Å². The average Bonchev–Trinajstić information content (AvgIpc) is 3.29. The van der Waals surface area contributed by atoms with Crippen molar-refractivity contribution in [2.24, 2.45) is 17.8 Å². The van der Waals surface area contributed by atoms with Crippen LogP contribution < -0.4 is 5.32 Å². The molecule has 3 heteroatoms. The molecule has 0 saturated heterocycles. The number of aryl methyl sites for hydroxylation is 1. The maximum absolute atomic E-state index is 12.7. The number of hydrogen-bond acceptors (Lipinski definition) is 2. The van der Waals surface area contributed by atoms with Gasteiger partial charge >= 0.3 is 0 Å². The zero-order chi connectivity index (χ0) is 18.4. The van der Waals surface area contributed by atoms with Gasteiger partial charge in [-0.25, -0.2) is 0 Å². The SMILES string of the molecule is Cc1cc2occ(CC(=O)N[C@H](C)[C@H]3C[C@@H]4CC[C@@H]3C4)c2cc1C(C)C. The third kappa shape index (κ3) is 3.17. The molecular weight excluding hydrogens is 322 g/mol. The Morgan fingerprint density at radius 3 is 2.69 bits per heavy atom. The number of hydrogen-bond donors (Lipinski definition) is 1. The first-order valence-electron chi connectivity index (χ1n) is 10.2. The van der Waals surface area contributed by atoms with Crippen molar-refractivity contribution in [3.8, 4) is 0 Å². The summed E-state index contributed by atoms with van der Waals surface area (Å²) in [6, 6.07) is 4.59. The van der Waals surface area contributed by atoms with Gasteiger partial charge in [-0.05, 0) is 80.0 Å². The van der Waals surface area contributed by atoms with Crippen molar-refractivity contribution in [2.75, 3.05) is 0 Å². The third-order valence-corrected chi connectivity index (χ3v) is 6.84. The Kier molecular flexibility index (Phi) is 4.58. The van der Waals surface area contributed by atoms with Crippen LogP contribution in [0.2, 0.25) is 0 Å². The number of benzene rings is 1. The normalized spacial score (nSPS) is 26.0. The second kappa shape index (κ2) is 6.75. The zero-order valence-electron chi connectivity index (χ0n) is 16.5. The number of amides is 1. The maximum Gasteiger partial charge on any atom is 0.224 e. The highest BCUT2D eigenvalue weighted by Crippen LogP contribution is 2.49. The molecule has 2 bridgehead atoms. The zero-order valence-corrected chi connectivity index (χ0v) is 16.5. The van der Waals surface area contributed by atoms with E-state index in [0.717, 1.165) is 28.4 Å². The van der Waals surface area contributed by atoms with Crippen LogP contribution in [0.4, 0.5) is 0 Å². The Bertz CT molecular complexity index is 819. The molecule has 2 aliphatic carbocycles. The smallest absolute Gasteiger partial charge is 0.224 e. The van der Waals surface area contributed by atoms with Crippen molar-refractivity contribution in [2.45, 2.75) is 71.8 Å². The van der Waals surface area contributed by atoms with Crippen molar-refractivity contribution in [3.05, 3.63) is 35.1 Å². The predicted molar refractivity (Wildman–Crippen MR) is 105 cm³/mol. The van der Waals surface area contributed by atoms with Gasteiger partial charge in [0.25, 0.3) is 0 Å². The second-order valence-corrected chi connectivity index (χ2v) is 8.99. The molecule has 140 valence electrons. The third-order valence-electron chi connectivity index (χ3n) is 6.84. The Morgan fingerprint density at radius 2 is 2.04 bits per heavy atom. The van der Waals surface area contributed by atoms with Crippen LogP contribution in [0, 0.1) is 24.7 Å². The van der Waals surface area contributed by atoms with Gasteiger partial charge in [0.2, 0.25) is 5.91 Å². The van der Waals surface area contributed by atoms with E-state index in [0.29, 0.717) is 18.3 Å². The summed E-state index contributed by atoms with van der Waals surface area (Å²) < 4.78 is 5.73. The van der Waals surface area contributed by atoms with E-state index >= 15 is 0 Å². The highest BCUT2D eigenvalue weighted by atomic mass is 16.3. The molecule has 4 atom stereocenters. The molecule has 2 fully saturated rings. The summed E-state index contributed by atoms with van der Waals surface area (Å²) in [7, 11) is 0. The molecule has 1 amide bonds. The van der Waals surface area contributed by atoms with E-state index in [-0.39, 0.29) is 11.9 Å². The molecular formula is C23H31NO2. The van der Waals surface area contributed by atoms with Gasteiger partial charge in [0, 0.05) is 17.0 Å². The van der Waals surface area contributed by atoms with E-state index in [2.05, 4.69) is 45.1 Å². The van der Waals surface area contributed by atoms with Crippen LogP contribution in [0.5, 0.6) is 0 Å². The molecule has 3 nitrogen and oxygen atoms in total. The molecule has 0 unspecified atom stereocenters. The lowest BCUT2D eigenvalue weighted by Crippen LogP contribution is -2.40. The summed E-state index contributed by atoms with van der Waals surface area (Å²) in [5, 5.41) is 4.36. The molecule has 0 radical (unpaired) electrons. The predicted octanol–water partition coefficient (Wildman–Crippen LogP) is 5.35. The van der Waals surface area contributed by atoms with Crippen molar-refractivity contribution in [3.63, 3.8) is 0 Å². The molecule has 2 saturated carbocycles. The van der Waals surface area contributed by atoms with Crippen molar-refractivity contribution >= 4 is 16.9 Å². The molecule has 1 aromatic carbocycles. The van der Waals surface area contributed by atoms with Gasteiger partial charge in [-0.2, -0.15) is 0 Å². The van der Waals surface area contributed by atoms with Gasteiger partial charge in [-0.3, -0.25) is 4.79 Å². The standard InChI is InChI=1S/C23H31NO2/c1-13(2)19-11-21-18(12-26-22(21)7-14(19)3)10-23(25)24-15(4)20-9-16-5-6-17(20)8-16/h7,11-13,15-17,20H,5-6,8-10H2,1-4H3,(H,24,25)/t15-,16-,17-,20-/m1/s1. The fraction of sp³-hybridized carbons (Fsp3) is 0.609. The first-order chi connectivity index (χ1) is 12.4. The largest absolute Gasteiger partial charge is 0.464 e. The maximum atomic E-state index is 12.7. The van der Waals surface area contributed by atoms with Crippen LogP contribution >= 0.6 is 0 Å². The fourth-order valence-corrected chi connectivity index (χ4v) is 5.49. The second-order valence-electron chi connectivity index (χ2n) is 8.99. The Hall–Kier alpha value is -1.77. The summed E-state index contributed by atoms with van der Waals surface area (Å²) in [6.45, 7) is 8.73. The molecule has 2 aliphatic rings. The highest BCUT2D eigenvalue weighted by molar-refractivity contribution is 5.88. The Morgan fingerprint density at radius 1 is 1.23 bits per heavy atom. The Labute approximate surface area is 156 Å². The summed E-state index contributed by atoms with van der Waals surface area (Å²) in [4.78, 5) is 12.7. The topological polar surface area (TPSA) is 42.2 Å². The van der Waals surface area contributed by atoms with Gasteiger partial charge in [0.15, 0.2) is 0 Å². The first kappa shape index (κ1) is 17.6. The van der Waals surface area contributed by atoms with Crippen LogP contribution in [0.25, 0.3) is 11.0 Å². The van der Waals surface area contributed by atoms with Crippen molar-refractivity contribution in [1.82, 2.24) is 5.32 Å². The number of furan rings is 1. The summed E-state index contributed by atoms with van der Waals surface area (Å²) in [5.41, 5.74) is 4.47. The fourth-order valence-electron chi connectivity index (χ4n) is 5.49. The minimum atomic E-state index is 0.120.